The van der Waals surface area contributed by atoms with E-state index in [-0.39, 0.29) is 17.2 Å². The zero-order valence-electron chi connectivity index (χ0n) is 11.6. The third-order valence-corrected chi connectivity index (χ3v) is 5.18. The van der Waals surface area contributed by atoms with Crippen LogP contribution in [0.3, 0.4) is 0 Å². The van der Waals surface area contributed by atoms with E-state index in [2.05, 4.69) is 6.58 Å². The highest BCUT2D eigenvalue weighted by molar-refractivity contribution is 5.87. The lowest BCUT2D eigenvalue weighted by atomic mass is 9.90. The molecule has 4 nitrogen and oxygen atoms in total. The van der Waals surface area contributed by atoms with Crippen LogP contribution >= 0.6 is 0 Å². The van der Waals surface area contributed by atoms with Crippen molar-refractivity contribution in [2.24, 2.45) is 11.3 Å². The summed E-state index contributed by atoms with van der Waals surface area (Å²) in [5.74, 6) is 0.582. The van der Waals surface area contributed by atoms with Gasteiger partial charge in [-0.2, -0.15) is 0 Å². The van der Waals surface area contributed by atoms with Gasteiger partial charge < -0.3 is 9.80 Å². The number of amides is 2. The lowest BCUT2D eigenvalue weighted by molar-refractivity contribution is -0.133. The summed E-state index contributed by atoms with van der Waals surface area (Å²) < 4.78 is 0. The van der Waals surface area contributed by atoms with Crippen molar-refractivity contribution in [3.63, 3.8) is 0 Å². The quantitative estimate of drug-likeness (QED) is 0.722. The van der Waals surface area contributed by atoms with Crippen LogP contribution in [0.5, 0.6) is 0 Å². The first-order chi connectivity index (χ1) is 9.07. The summed E-state index contributed by atoms with van der Waals surface area (Å²) in [5, 5.41) is 0. The fraction of sp³-hybridized carbons (Fsp3) is 0.733. The van der Waals surface area contributed by atoms with E-state index in [0.717, 1.165) is 32.4 Å². The SMILES string of the molecule is C=CC(=O)N1CCC2(CC1)CC2C(=O)N(C)C1CC1. The molecule has 1 heterocycles. The van der Waals surface area contributed by atoms with E-state index < -0.39 is 0 Å². The number of carbonyl (C=O) groups is 2. The Labute approximate surface area is 114 Å². The standard InChI is InChI=1S/C15H22N2O2/c1-3-13(18)17-8-6-15(7-9-17)10-12(15)14(19)16(2)11-4-5-11/h3,11-12H,1,4-10H2,2H3. The smallest absolute Gasteiger partial charge is 0.245 e. The van der Waals surface area contributed by atoms with Crippen molar-refractivity contribution in [2.75, 3.05) is 20.1 Å². The van der Waals surface area contributed by atoms with Crippen molar-refractivity contribution in [3.05, 3.63) is 12.7 Å². The van der Waals surface area contributed by atoms with Crippen LogP contribution in [0.25, 0.3) is 0 Å². The monoisotopic (exact) mass is 262 g/mol. The number of likely N-dealkylation sites (tertiary alicyclic amines) is 1. The van der Waals surface area contributed by atoms with Gasteiger partial charge in [0.1, 0.15) is 0 Å². The van der Waals surface area contributed by atoms with Gasteiger partial charge in [-0.25, -0.2) is 0 Å². The summed E-state index contributed by atoms with van der Waals surface area (Å²) in [5.41, 5.74) is 0.207. The summed E-state index contributed by atoms with van der Waals surface area (Å²) in [6.07, 6.45) is 6.70. The highest BCUT2D eigenvalue weighted by atomic mass is 16.2. The molecule has 0 bridgehead atoms. The predicted molar refractivity (Wildman–Crippen MR) is 72.3 cm³/mol. The molecule has 0 radical (unpaired) electrons. The second-order valence-corrected chi connectivity index (χ2v) is 6.33. The van der Waals surface area contributed by atoms with Crippen LogP contribution in [0.15, 0.2) is 12.7 Å². The minimum atomic E-state index is 0.0217. The average molecular weight is 262 g/mol. The number of nitrogens with zero attached hydrogens (tertiary/aromatic N) is 2. The van der Waals surface area contributed by atoms with Gasteiger partial charge in [0.2, 0.25) is 11.8 Å². The van der Waals surface area contributed by atoms with E-state index in [9.17, 15) is 9.59 Å². The summed E-state index contributed by atoms with van der Waals surface area (Å²) in [4.78, 5) is 27.7. The van der Waals surface area contributed by atoms with Crippen LogP contribution in [-0.2, 0) is 9.59 Å². The maximum absolute atomic E-state index is 12.4. The second-order valence-electron chi connectivity index (χ2n) is 6.33. The minimum absolute atomic E-state index is 0.0217. The van der Waals surface area contributed by atoms with Gasteiger partial charge in [0.25, 0.3) is 0 Å². The molecule has 2 saturated carbocycles. The molecule has 1 spiro atoms. The molecular formula is C15H22N2O2. The lowest BCUT2D eigenvalue weighted by Crippen LogP contribution is -2.40. The van der Waals surface area contributed by atoms with Crippen molar-refractivity contribution in [1.29, 1.82) is 0 Å². The fourth-order valence-electron chi connectivity index (χ4n) is 3.44. The Balaban J connectivity index is 1.56. The Kier molecular flexibility index (Phi) is 2.91. The maximum atomic E-state index is 12.4. The van der Waals surface area contributed by atoms with Crippen molar-refractivity contribution in [3.8, 4) is 0 Å². The third-order valence-electron chi connectivity index (χ3n) is 5.18. The molecule has 3 rings (SSSR count). The fourth-order valence-corrected chi connectivity index (χ4v) is 3.44. The van der Waals surface area contributed by atoms with E-state index in [1.807, 2.05) is 16.8 Å². The number of rotatable bonds is 3. The molecule has 1 aliphatic heterocycles. The van der Waals surface area contributed by atoms with Crippen molar-refractivity contribution < 1.29 is 9.59 Å². The number of hydrogen-bond acceptors (Lipinski definition) is 2. The average Bonchev–Trinajstić information content (AvgIpc) is 3.33. The Morgan fingerprint density at radius 1 is 1.32 bits per heavy atom. The van der Waals surface area contributed by atoms with Gasteiger partial charge in [0.15, 0.2) is 0 Å². The predicted octanol–water partition coefficient (Wildman–Crippen LogP) is 1.42. The van der Waals surface area contributed by atoms with Gasteiger partial charge in [-0.3, -0.25) is 9.59 Å². The van der Waals surface area contributed by atoms with Crippen molar-refractivity contribution in [1.82, 2.24) is 9.80 Å². The van der Waals surface area contributed by atoms with Gasteiger partial charge in [0.05, 0.1) is 0 Å². The summed E-state index contributed by atoms with van der Waals surface area (Å²) in [6, 6.07) is 0.507. The minimum Gasteiger partial charge on any atom is -0.343 e. The normalized spacial score (nSPS) is 28.1. The second kappa shape index (κ2) is 4.36. The molecule has 0 aromatic rings. The molecule has 3 aliphatic rings. The molecule has 1 unspecified atom stereocenters. The molecule has 1 saturated heterocycles. The molecule has 3 fully saturated rings. The Morgan fingerprint density at radius 2 is 1.95 bits per heavy atom. The molecule has 0 aromatic heterocycles. The zero-order valence-corrected chi connectivity index (χ0v) is 11.6. The first-order valence-corrected chi connectivity index (χ1v) is 7.25. The van der Waals surface area contributed by atoms with Crippen LogP contribution in [0, 0.1) is 11.3 Å². The molecular weight excluding hydrogens is 240 g/mol. The van der Waals surface area contributed by atoms with E-state index in [1.54, 1.807) is 0 Å². The number of piperidine rings is 1. The van der Waals surface area contributed by atoms with Crippen LogP contribution in [0.4, 0.5) is 0 Å². The van der Waals surface area contributed by atoms with Crippen LogP contribution in [-0.4, -0.2) is 47.8 Å². The molecule has 104 valence electrons. The van der Waals surface area contributed by atoms with Crippen molar-refractivity contribution in [2.45, 2.75) is 38.1 Å². The van der Waals surface area contributed by atoms with Crippen LogP contribution in [0.1, 0.15) is 32.1 Å². The van der Waals surface area contributed by atoms with E-state index in [4.69, 9.17) is 0 Å². The first-order valence-electron chi connectivity index (χ1n) is 7.25. The highest BCUT2D eigenvalue weighted by Gasteiger charge is 2.59. The van der Waals surface area contributed by atoms with Crippen LogP contribution < -0.4 is 0 Å². The molecule has 19 heavy (non-hydrogen) atoms. The van der Waals surface area contributed by atoms with Gasteiger partial charge in [-0.05, 0) is 43.6 Å². The van der Waals surface area contributed by atoms with E-state index >= 15 is 0 Å². The van der Waals surface area contributed by atoms with Gasteiger partial charge in [-0.1, -0.05) is 6.58 Å². The van der Waals surface area contributed by atoms with Gasteiger partial charge in [0, 0.05) is 32.1 Å². The number of hydrogen-bond donors (Lipinski definition) is 0. The van der Waals surface area contributed by atoms with Gasteiger partial charge in [-0.15, -0.1) is 0 Å². The largest absolute Gasteiger partial charge is 0.343 e. The molecule has 0 aromatic carbocycles. The molecule has 2 aliphatic carbocycles. The molecule has 2 amide bonds. The molecule has 1 atom stereocenters. The highest BCUT2D eigenvalue weighted by Crippen LogP contribution is 2.60. The Morgan fingerprint density at radius 3 is 2.47 bits per heavy atom. The molecule has 4 heteroatoms. The third kappa shape index (κ3) is 2.17. The summed E-state index contributed by atoms with van der Waals surface area (Å²) in [6.45, 7) is 5.09. The Bertz CT molecular complexity index is 420. The number of carbonyl (C=O) groups excluding carboxylic acids is 2. The summed E-state index contributed by atoms with van der Waals surface area (Å²) >= 11 is 0. The van der Waals surface area contributed by atoms with Gasteiger partial charge >= 0.3 is 0 Å². The van der Waals surface area contributed by atoms with Crippen molar-refractivity contribution >= 4 is 11.8 Å². The maximum Gasteiger partial charge on any atom is 0.245 e. The lowest BCUT2D eigenvalue weighted by Gasteiger charge is -2.32. The zero-order chi connectivity index (χ0) is 13.6. The van der Waals surface area contributed by atoms with E-state index in [1.165, 1.54) is 18.9 Å². The Hall–Kier alpha value is -1.32. The first kappa shape index (κ1) is 12.7. The summed E-state index contributed by atoms with van der Waals surface area (Å²) in [7, 11) is 1.95. The van der Waals surface area contributed by atoms with Crippen LogP contribution in [0.2, 0.25) is 0 Å². The van der Waals surface area contributed by atoms with E-state index in [0.29, 0.717) is 11.9 Å². The topological polar surface area (TPSA) is 40.6 Å². The molecule has 0 N–H and O–H groups in total.